The molecule has 4 atom stereocenters. The largest absolute Gasteiger partial charge is 0.381 e. The zero-order valence-electron chi connectivity index (χ0n) is 10.8. The van der Waals surface area contributed by atoms with E-state index in [1.165, 1.54) is 51.4 Å². The van der Waals surface area contributed by atoms with E-state index < -0.39 is 0 Å². The van der Waals surface area contributed by atoms with E-state index in [4.69, 9.17) is 9.47 Å². The molecule has 2 aliphatic rings. The Balaban J connectivity index is 2.01. The van der Waals surface area contributed by atoms with Gasteiger partial charge in [-0.1, -0.05) is 25.7 Å². The Bertz CT molecular complexity index is 183. The molecule has 94 valence electrons. The summed E-state index contributed by atoms with van der Waals surface area (Å²) in [5.41, 5.74) is 0. The Labute approximate surface area is 99.7 Å². The van der Waals surface area contributed by atoms with Gasteiger partial charge in [-0.05, 0) is 37.5 Å². The lowest BCUT2D eigenvalue weighted by Crippen LogP contribution is -2.40. The van der Waals surface area contributed by atoms with Crippen molar-refractivity contribution >= 4 is 0 Å². The highest BCUT2D eigenvalue weighted by molar-refractivity contribution is 4.87. The first-order valence-electron chi connectivity index (χ1n) is 6.92. The van der Waals surface area contributed by atoms with E-state index in [-0.39, 0.29) is 0 Å². The fourth-order valence-electron chi connectivity index (χ4n) is 3.82. The minimum absolute atomic E-state index is 0.495. The average Bonchev–Trinajstić information content (AvgIpc) is 2.38. The molecule has 0 spiro atoms. The summed E-state index contributed by atoms with van der Waals surface area (Å²) in [5, 5.41) is 0. The third kappa shape index (κ3) is 2.60. The highest BCUT2D eigenvalue weighted by atomic mass is 16.5. The SMILES string of the molecule is COC1CCCCC1C1CCCC[C@H]1OC. The van der Waals surface area contributed by atoms with Gasteiger partial charge in [0.15, 0.2) is 0 Å². The molecule has 0 aromatic heterocycles. The summed E-state index contributed by atoms with van der Waals surface area (Å²) in [5.74, 6) is 1.51. The van der Waals surface area contributed by atoms with Crippen LogP contribution in [-0.2, 0) is 9.47 Å². The molecular formula is C14H26O2. The zero-order valence-corrected chi connectivity index (χ0v) is 10.8. The molecule has 2 fully saturated rings. The Kier molecular flexibility index (Phi) is 4.66. The summed E-state index contributed by atoms with van der Waals surface area (Å²) >= 11 is 0. The van der Waals surface area contributed by atoms with Gasteiger partial charge in [-0.2, -0.15) is 0 Å². The predicted molar refractivity (Wildman–Crippen MR) is 65.5 cm³/mol. The van der Waals surface area contributed by atoms with Gasteiger partial charge >= 0.3 is 0 Å². The van der Waals surface area contributed by atoms with Crippen LogP contribution in [0.5, 0.6) is 0 Å². The Morgan fingerprint density at radius 2 is 1.00 bits per heavy atom. The van der Waals surface area contributed by atoms with Crippen molar-refractivity contribution in [2.24, 2.45) is 11.8 Å². The van der Waals surface area contributed by atoms with Crippen LogP contribution in [0.1, 0.15) is 51.4 Å². The number of methoxy groups -OCH3 is 2. The lowest BCUT2D eigenvalue weighted by molar-refractivity contribution is -0.0639. The fourth-order valence-corrected chi connectivity index (χ4v) is 3.82. The van der Waals surface area contributed by atoms with Crippen molar-refractivity contribution < 1.29 is 9.47 Å². The quantitative estimate of drug-likeness (QED) is 0.734. The fraction of sp³-hybridized carbons (Fsp3) is 1.00. The summed E-state index contributed by atoms with van der Waals surface area (Å²) in [7, 11) is 3.77. The van der Waals surface area contributed by atoms with Crippen molar-refractivity contribution in [1.29, 1.82) is 0 Å². The van der Waals surface area contributed by atoms with E-state index >= 15 is 0 Å². The molecule has 3 unspecified atom stereocenters. The van der Waals surface area contributed by atoms with Crippen LogP contribution in [0.3, 0.4) is 0 Å². The number of rotatable bonds is 3. The first-order valence-corrected chi connectivity index (χ1v) is 6.92. The summed E-state index contributed by atoms with van der Waals surface area (Å²) in [6.07, 6.45) is 11.7. The number of ether oxygens (including phenoxy) is 2. The number of hydrogen-bond acceptors (Lipinski definition) is 2. The first-order chi connectivity index (χ1) is 7.86. The highest BCUT2D eigenvalue weighted by Crippen LogP contribution is 2.40. The van der Waals surface area contributed by atoms with Gasteiger partial charge in [-0.3, -0.25) is 0 Å². The van der Waals surface area contributed by atoms with E-state index in [9.17, 15) is 0 Å². The normalized spacial score (nSPS) is 40.9. The third-order valence-corrected chi connectivity index (χ3v) is 4.66. The van der Waals surface area contributed by atoms with Gasteiger partial charge < -0.3 is 9.47 Å². The van der Waals surface area contributed by atoms with E-state index in [1.54, 1.807) is 0 Å². The summed E-state index contributed by atoms with van der Waals surface area (Å²) in [4.78, 5) is 0. The molecule has 0 heterocycles. The van der Waals surface area contributed by atoms with E-state index in [2.05, 4.69) is 0 Å². The smallest absolute Gasteiger partial charge is 0.0603 e. The van der Waals surface area contributed by atoms with Gasteiger partial charge in [0.05, 0.1) is 12.2 Å². The molecule has 0 aliphatic heterocycles. The van der Waals surface area contributed by atoms with Crippen LogP contribution < -0.4 is 0 Å². The Hall–Kier alpha value is -0.0800. The molecule has 0 aromatic rings. The van der Waals surface area contributed by atoms with Crippen molar-refractivity contribution in [3.05, 3.63) is 0 Å². The molecule has 2 heteroatoms. The van der Waals surface area contributed by atoms with Gasteiger partial charge in [0.1, 0.15) is 0 Å². The van der Waals surface area contributed by atoms with Crippen LogP contribution >= 0.6 is 0 Å². The second kappa shape index (κ2) is 6.02. The molecule has 0 bridgehead atoms. The third-order valence-electron chi connectivity index (χ3n) is 4.66. The predicted octanol–water partition coefficient (Wildman–Crippen LogP) is 3.40. The Morgan fingerprint density at radius 3 is 1.38 bits per heavy atom. The molecule has 0 aromatic carbocycles. The lowest BCUT2D eigenvalue weighted by Gasteiger charge is -2.41. The van der Waals surface area contributed by atoms with Gasteiger partial charge in [0.25, 0.3) is 0 Å². The molecule has 16 heavy (non-hydrogen) atoms. The Morgan fingerprint density at radius 1 is 0.625 bits per heavy atom. The number of hydrogen-bond donors (Lipinski definition) is 0. The van der Waals surface area contributed by atoms with Crippen molar-refractivity contribution in [2.45, 2.75) is 63.6 Å². The topological polar surface area (TPSA) is 18.5 Å². The molecule has 2 saturated carbocycles. The van der Waals surface area contributed by atoms with Crippen molar-refractivity contribution in [2.75, 3.05) is 14.2 Å². The van der Waals surface area contributed by atoms with Crippen LogP contribution in [0.2, 0.25) is 0 Å². The summed E-state index contributed by atoms with van der Waals surface area (Å²) in [6.45, 7) is 0. The standard InChI is InChI=1S/C14H26O2/c1-15-13-9-5-3-7-11(13)12-8-4-6-10-14(12)16-2/h11-14H,3-10H2,1-2H3/t11?,12?,13-,14?/m1/s1. The van der Waals surface area contributed by atoms with Crippen LogP contribution in [0.25, 0.3) is 0 Å². The maximum absolute atomic E-state index is 5.69. The van der Waals surface area contributed by atoms with E-state index in [0.29, 0.717) is 12.2 Å². The molecule has 0 N–H and O–H groups in total. The summed E-state index contributed by atoms with van der Waals surface area (Å²) < 4.78 is 11.4. The van der Waals surface area contributed by atoms with Gasteiger partial charge in [0, 0.05) is 14.2 Å². The molecule has 2 aliphatic carbocycles. The molecule has 2 nitrogen and oxygen atoms in total. The van der Waals surface area contributed by atoms with E-state index in [1.807, 2.05) is 14.2 Å². The van der Waals surface area contributed by atoms with Crippen LogP contribution in [-0.4, -0.2) is 26.4 Å². The average molecular weight is 226 g/mol. The minimum Gasteiger partial charge on any atom is -0.381 e. The maximum atomic E-state index is 5.69. The van der Waals surface area contributed by atoms with Crippen LogP contribution in [0, 0.1) is 11.8 Å². The monoisotopic (exact) mass is 226 g/mol. The molecule has 0 amide bonds. The van der Waals surface area contributed by atoms with Gasteiger partial charge in [0.2, 0.25) is 0 Å². The maximum Gasteiger partial charge on any atom is 0.0603 e. The highest BCUT2D eigenvalue weighted by Gasteiger charge is 2.37. The lowest BCUT2D eigenvalue weighted by atomic mass is 9.70. The minimum atomic E-state index is 0.495. The second-order valence-corrected chi connectivity index (χ2v) is 5.44. The second-order valence-electron chi connectivity index (χ2n) is 5.44. The van der Waals surface area contributed by atoms with Gasteiger partial charge in [-0.25, -0.2) is 0 Å². The van der Waals surface area contributed by atoms with Crippen molar-refractivity contribution in [1.82, 2.24) is 0 Å². The molecule has 0 radical (unpaired) electrons. The zero-order chi connectivity index (χ0) is 11.4. The van der Waals surface area contributed by atoms with Crippen molar-refractivity contribution in [3.8, 4) is 0 Å². The van der Waals surface area contributed by atoms with Crippen molar-refractivity contribution in [3.63, 3.8) is 0 Å². The summed E-state index contributed by atoms with van der Waals surface area (Å²) in [6, 6.07) is 0. The molecule has 2 rings (SSSR count). The van der Waals surface area contributed by atoms with Crippen LogP contribution in [0.4, 0.5) is 0 Å². The molecule has 0 saturated heterocycles. The van der Waals surface area contributed by atoms with Crippen LogP contribution in [0.15, 0.2) is 0 Å². The van der Waals surface area contributed by atoms with E-state index in [0.717, 1.165) is 11.8 Å². The van der Waals surface area contributed by atoms with Gasteiger partial charge in [-0.15, -0.1) is 0 Å². The molecular weight excluding hydrogens is 200 g/mol. The first kappa shape index (κ1) is 12.4.